The standard InChI is InChI=1S/C22H22N6O2S2/c1-14(29)23-21-24-15(12-31-21)13-32-22-25-19-18(17-10-6-3-7-11-27(17)22)20(30)28(26-19)16-8-4-2-5-9-16/h2,4-5,8-9,12H,3,6-7,10-11,13H2,1H3,(H,23,24,29). The smallest absolute Gasteiger partial charge is 0.284 e. The van der Waals surface area contributed by atoms with Crippen molar-refractivity contribution in [3.63, 3.8) is 0 Å². The molecule has 5 rings (SSSR count). The topological polar surface area (TPSA) is 94.7 Å². The van der Waals surface area contributed by atoms with E-state index in [0.29, 0.717) is 22.3 Å². The molecule has 32 heavy (non-hydrogen) atoms. The van der Waals surface area contributed by atoms with Crippen LogP contribution in [0.15, 0.2) is 45.7 Å². The Morgan fingerprint density at radius 2 is 2.03 bits per heavy atom. The van der Waals surface area contributed by atoms with Crippen molar-refractivity contribution in [3.8, 4) is 17.1 Å². The fraction of sp³-hybridized carbons (Fsp3) is 0.318. The highest BCUT2D eigenvalue weighted by Gasteiger charge is 2.27. The second kappa shape index (κ2) is 8.87. The number of carbonyl (C=O) groups excluding carboxylic acids is 1. The molecule has 8 nitrogen and oxygen atoms in total. The fourth-order valence-corrected chi connectivity index (χ4v) is 5.72. The maximum atomic E-state index is 13.3. The lowest BCUT2D eigenvalue weighted by molar-refractivity contribution is -0.114. The number of benzene rings is 1. The Labute approximate surface area is 193 Å². The van der Waals surface area contributed by atoms with Crippen LogP contribution in [0.25, 0.3) is 17.1 Å². The second-order valence-electron chi connectivity index (χ2n) is 7.67. The zero-order valence-corrected chi connectivity index (χ0v) is 19.2. The largest absolute Gasteiger partial charge is 0.324 e. The SMILES string of the molecule is CC(=O)Nc1nc(CSc2nc3nn(-c4ccccc4)c(=O)c-3c3n2CCCCC3)cs1. The number of thiazole rings is 1. The third kappa shape index (κ3) is 4.07. The van der Waals surface area contributed by atoms with Gasteiger partial charge in [-0.15, -0.1) is 16.4 Å². The monoisotopic (exact) mass is 466 g/mol. The van der Waals surface area contributed by atoms with Crippen LogP contribution in [-0.4, -0.2) is 30.2 Å². The first-order valence-electron chi connectivity index (χ1n) is 10.5. The Morgan fingerprint density at radius 1 is 1.19 bits per heavy atom. The predicted octanol–water partition coefficient (Wildman–Crippen LogP) is 3.97. The maximum Gasteiger partial charge on any atom is 0.284 e. The highest BCUT2D eigenvalue weighted by atomic mass is 32.2. The minimum atomic E-state index is -0.131. The van der Waals surface area contributed by atoms with Crippen LogP contribution >= 0.6 is 23.1 Å². The van der Waals surface area contributed by atoms with Crippen LogP contribution in [0.3, 0.4) is 0 Å². The number of para-hydroxylation sites is 1. The van der Waals surface area contributed by atoms with Gasteiger partial charge in [0.05, 0.1) is 11.4 Å². The quantitative estimate of drug-likeness (QED) is 0.353. The van der Waals surface area contributed by atoms with Gasteiger partial charge in [0.15, 0.2) is 16.1 Å². The molecule has 0 aliphatic carbocycles. The van der Waals surface area contributed by atoms with E-state index in [9.17, 15) is 9.59 Å². The van der Waals surface area contributed by atoms with Gasteiger partial charge in [-0.05, 0) is 31.4 Å². The van der Waals surface area contributed by atoms with Crippen LogP contribution in [-0.2, 0) is 23.5 Å². The van der Waals surface area contributed by atoms with Crippen LogP contribution in [0.2, 0.25) is 0 Å². The maximum absolute atomic E-state index is 13.3. The Hall–Kier alpha value is -2.98. The van der Waals surface area contributed by atoms with Crippen molar-refractivity contribution in [2.75, 3.05) is 5.32 Å². The van der Waals surface area contributed by atoms with Gasteiger partial charge in [0, 0.05) is 30.3 Å². The number of aromatic nitrogens is 5. The van der Waals surface area contributed by atoms with Crippen molar-refractivity contribution >= 4 is 34.1 Å². The number of anilines is 1. The summed E-state index contributed by atoms with van der Waals surface area (Å²) < 4.78 is 3.65. The van der Waals surface area contributed by atoms with Crippen molar-refractivity contribution in [1.82, 2.24) is 24.3 Å². The number of thioether (sulfide) groups is 1. The van der Waals surface area contributed by atoms with Gasteiger partial charge in [0.1, 0.15) is 5.56 Å². The molecule has 0 bridgehead atoms. The molecule has 0 atom stereocenters. The number of hydrogen-bond donors (Lipinski definition) is 1. The average molecular weight is 467 g/mol. The van der Waals surface area contributed by atoms with E-state index in [1.165, 1.54) is 22.9 Å². The van der Waals surface area contributed by atoms with E-state index in [1.54, 1.807) is 11.8 Å². The van der Waals surface area contributed by atoms with Gasteiger partial charge in [-0.1, -0.05) is 36.4 Å². The molecule has 0 spiro atoms. The van der Waals surface area contributed by atoms with Crippen LogP contribution in [0.5, 0.6) is 0 Å². The lowest BCUT2D eigenvalue weighted by Gasteiger charge is -2.17. The first kappa shape index (κ1) is 20.9. The summed E-state index contributed by atoms with van der Waals surface area (Å²) in [5.74, 6) is 0.984. The minimum Gasteiger partial charge on any atom is -0.324 e. The summed E-state index contributed by atoms with van der Waals surface area (Å²) in [6.07, 6.45) is 4.07. The van der Waals surface area contributed by atoms with Gasteiger partial charge in [0.2, 0.25) is 5.91 Å². The molecule has 3 aliphatic heterocycles. The summed E-state index contributed by atoms with van der Waals surface area (Å²) >= 11 is 3.00. The molecule has 2 aromatic rings. The summed E-state index contributed by atoms with van der Waals surface area (Å²) in [4.78, 5) is 33.8. The second-order valence-corrected chi connectivity index (χ2v) is 9.47. The highest BCUT2D eigenvalue weighted by molar-refractivity contribution is 7.98. The molecule has 0 saturated carbocycles. The Balaban J connectivity index is 1.53. The first-order chi connectivity index (χ1) is 15.6. The molecule has 10 heteroatoms. The third-order valence-corrected chi connectivity index (χ3v) is 7.17. The predicted molar refractivity (Wildman–Crippen MR) is 126 cm³/mol. The van der Waals surface area contributed by atoms with E-state index in [2.05, 4.69) is 20.0 Å². The molecule has 4 heterocycles. The summed E-state index contributed by atoms with van der Waals surface area (Å²) in [5, 5.41) is 10.7. The molecule has 0 saturated heterocycles. The fourth-order valence-electron chi connectivity index (χ4n) is 3.93. The van der Waals surface area contributed by atoms with Crippen LogP contribution in [0, 0.1) is 0 Å². The van der Waals surface area contributed by atoms with Crippen molar-refractivity contribution in [2.45, 2.75) is 50.1 Å². The van der Waals surface area contributed by atoms with E-state index >= 15 is 0 Å². The van der Waals surface area contributed by atoms with E-state index < -0.39 is 0 Å². The zero-order chi connectivity index (χ0) is 22.1. The van der Waals surface area contributed by atoms with Gasteiger partial charge >= 0.3 is 0 Å². The van der Waals surface area contributed by atoms with Crippen molar-refractivity contribution in [3.05, 3.63) is 57.5 Å². The highest BCUT2D eigenvalue weighted by Crippen LogP contribution is 2.32. The summed E-state index contributed by atoms with van der Waals surface area (Å²) in [5.41, 5.74) is 3.17. The normalized spacial score (nSPS) is 13.7. The molecule has 1 aromatic carbocycles. The van der Waals surface area contributed by atoms with Gasteiger partial charge in [0.25, 0.3) is 5.56 Å². The van der Waals surface area contributed by atoms with Crippen molar-refractivity contribution in [1.29, 1.82) is 0 Å². The molecule has 3 aliphatic rings. The van der Waals surface area contributed by atoms with E-state index in [1.807, 2.05) is 35.7 Å². The number of nitrogens with zero attached hydrogens (tertiary/aromatic N) is 5. The van der Waals surface area contributed by atoms with Crippen LogP contribution in [0.1, 0.15) is 37.6 Å². The molecule has 1 amide bonds. The van der Waals surface area contributed by atoms with Gasteiger partial charge in [-0.2, -0.15) is 4.68 Å². The van der Waals surface area contributed by atoms with Crippen molar-refractivity contribution in [2.24, 2.45) is 0 Å². The van der Waals surface area contributed by atoms with Gasteiger partial charge < -0.3 is 9.88 Å². The molecule has 164 valence electrons. The molecule has 0 unspecified atom stereocenters. The molecular formula is C22H22N6O2S2. The molecule has 0 radical (unpaired) electrons. The average Bonchev–Trinajstić information content (AvgIpc) is 3.27. The van der Waals surface area contributed by atoms with Crippen LogP contribution < -0.4 is 10.9 Å². The summed E-state index contributed by atoms with van der Waals surface area (Å²) in [7, 11) is 0. The summed E-state index contributed by atoms with van der Waals surface area (Å²) in [6, 6.07) is 9.47. The van der Waals surface area contributed by atoms with Gasteiger partial charge in [-0.3, -0.25) is 9.59 Å². The van der Waals surface area contributed by atoms with E-state index in [0.717, 1.165) is 54.5 Å². The molecular weight excluding hydrogens is 444 g/mol. The Morgan fingerprint density at radius 3 is 2.84 bits per heavy atom. The minimum absolute atomic E-state index is 0.111. The van der Waals surface area contributed by atoms with E-state index in [-0.39, 0.29) is 11.5 Å². The number of hydrogen-bond acceptors (Lipinski definition) is 7. The summed E-state index contributed by atoms with van der Waals surface area (Å²) in [6.45, 7) is 2.31. The Bertz CT molecular complexity index is 1290. The van der Waals surface area contributed by atoms with Gasteiger partial charge in [-0.25, -0.2) is 9.97 Å². The van der Waals surface area contributed by atoms with Crippen LogP contribution in [0.4, 0.5) is 5.13 Å². The first-order valence-corrected chi connectivity index (χ1v) is 12.4. The molecule has 1 N–H and O–H groups in total. The van der Waals surface area contributed by atoms with Crippen molar-refractivity contribution < 1.29 is 4.79 Å². The number of nitrogens with one attached hydrogen (secondary N) is 1. The zero-order valence-electron chi connectivity index (χ0n) is 17.6. The third-order valence-electron chi connectivity index (χ3n) is 5.35. The number of amides is 1. The number of fused-ring (bicyclic) bond motifs is 3. The number of carbonyl (C=O) groups is 1. The van der Waals surface area contributed by atoms with E-state index in [4.69, 9.17) is 4.98 Å². The molecule has 1 aromatic heterocycles. The Kier molecular flexibility index (Phi) is 5.79. The number of rotatable bonds is 5. The lowest BCUT2D eigenvalue weighted by Crippen LogP contribution is -2.19. The molecule has 0 fully saturated rings. The lowest BCUT2D eigenvalue weighted by atomic mass is 10.1.